The van der Waals surface area contributed by atoms with Crippen LogP contribution < -0.4 is 5.32 Å². The zero-order valence-electron chi connectivity index (χ0n) is 6.89. The molecule has 68 valence electrons. The molecule has 0 unspecified atom stereocenters. The molecule has 0 fully saturated rings. The maximum absolute atomic E-state index is 10.8. The maximum Gasteiger partial charge on any atom is 0.297 e. The number of nitrogens with one attached hydrogen (secondary N) is 2. The number of hydrogen-bond donors (Lipinski definition) is 2. The highest BCUT2D eigenvalue weighted by molar-refractivity contribution is 9.12. The van der Waals surface area contributed by atoms with Gasteiger partial charge in [0, 0.05) is 21.9 Å². The van der Waals surface area contributed by atoms with Crippen LogP contribution in [0.15, 0.2) is 0 Å². The summed E-state index contributed by atoms with van der Waals surface area (Å²) in [6.07, 6.45) is 0. The van der Waals surface area contributed by atoms with E-state index in [9.17, 15) is 4.79 Å². The van der Waals surface area contributed by atoms with Gasteiger partial charge in [0.1, 0.15) is 5.82 Å². The molecule has 1 amide bonds. The van der Waals surface area contributed by atoms with Crippen LogP contribution in [-0.4, -0.2) is 21.1 Å². The van der Waals surface area contributed by atoms with Crippen LogP contribution in [-0.2, 0) is 11.3 Å². The lowest BCUT2D eigenvalue weighted by Crippen LogP contribution is -2.21. The van der Waals surface area contributed by atoms with Crippen molar-refractivity contribution in [1.29, 1.82) is 0 Å². The largest absolute Gasteiger partial charge is 0.338 e. The third kappa shape index (κ3) is 3.25. The number of carbonyl (C=O) groups excluding carboxylic acids is 1. The Hall–Kier alpha value is -1.35. The number of nitrogens with zero attached hydrogens (tertiary/aromatic N) is 2. The Morgan fingerprint density at radius 3 is 3.08 bits per heavy atom. The molecular weight excluding hydrogens is 236 g/mol. The fraction of sp³-hybridized carbons (Fsp3) is 0.286. The van der Waals surface area contributed by atoms with Gasteiger partial charge >= 0.3 is 0 Å². The Morgan fingerprint density at radius 2 is 2.54 bits per heavy atom. The number of aryl methyl sites for hydroxylation is 1. The Balaban J connectivity index is 2.42. The second kappa shape index (κ2) is 4.62. The van der Waals surface area contributed by atoms with Crippen LogP contribution in [0.2, 0.25) is 0 Å². The van der Waals surface area contributed by atoms with E-state index >= 15 is 0 Å². The monoisotopic (exact) mass is 242 g/mol. The molecule has 0 spiro atoms. The lowest BCUT2D eigenvalue weighted by molar-refractivity contribution is -0.115. The van der Waals surface area contributed by atoms with Gasteiger partial charge in [-0.15, -0.1) is 0 Å². The van der Waals surface area contributed by atoms with Gasteiger partial charge < -0.3 is 5.32 Å². The number of hydrogen-bond acceptors (Lipinski definition) is 3. The summed E-state index contributed by atoms with van der Waals surface area (Å²) < 4.78 is 0. The summed E-state index contributed by atoms with van der Waals surface area (Å²) in [4.78, 5) is 17.2. The summed E-state index contributed by atoms with van der Waals surface area (Å²) in [7, 11) is 0. The minimum Gasteiger partial charge on any atom is -0.338 e. The molecular formula is C7H7BrN4O. The van der Waals surface area contributed by atoms with Gasteiger partial charge in [-0.25, -0.2) is 4.98 Å². The number of aromatic amines is 1. The molecule has 1 aromatic heterocycles. The minimum atomic E-state index is -0.362. The van der Waals surface area contributed by atoms with E-state index in [0.717, 1.165) is 5.82 Å². The summed E-state index contributed by atoms with van der Waals surface area (Å²) in [6, 6.07) is 0. The molecule has 0 aliphatic heterocycles. The highest BCUT2D eigenvalue weighted by atomic mass is 79.9. The molecule has 5 nitrogen and oxygen atoms in total. The average Bonchev–Trinajstić information content (AvgIpc) is 2.49. The Bertz CT molecular complexity index is 362. The van der Waals surface area contributed by atoms with Crippen LogP contribution in [0.25, 0.3) is 0 Å². The molecule has 2 N–H and O–H groups in total. The van der Waals surface area contributed by atoms with E-state index < -0.39 is 0 Å². The smallest absolute Gasteiger partial charge is 0.297 e. The quantitative estimate of drug-likeness (QED) is 0.723. The van der Waals surface area contributed by atoms with Crippen molar-refractivity contribution in [2.45, 2.75) is 13.5 Å². The van der Waals surface area contributed by atoms with Crippen molar-refractivity contribution in [2.24, 2.45) is 0 Å². The average molecular weight is 243 g/mol. The molecule has 0 radical (unpaired) electrons. The van der Waals surface area contributed by atoms with Crippen LogP contribution in [0.1, 0.15) is 11.6 Å². The van der Waals surface area contributed by atoms with Gasteiger partial charge in [-0.1, -0.05) is 0 Å². The number of H-pyrrole nitrogens is 1. The topological polar surface area (TPSA) is 70.7 Å². The van der Waals surface area contributed by atoms with E-state index in [1.54, 1.807) is 6.92 Å². The standard InChI is InChI=1S/C7H7BrN4O/c1-5-10-6(12-11-5)4-9-7(13)2-3-8/h4H2,1H3,(H,9,13)(H,10,11,12). The number of amides is 1. The van der Waals surface area contributed by atoms with E-state index in [0.29, 0.717) is 5.82 Å². The summed E-state index contributed by atoms with van der Waals surface area (Å²) in [5.41, 5.74) is 0. The number of halogens is 1. The van der Waals surface area contributed by atoms with E-state index in [2.05, 4.69) is 47.2 Å². The van der Waals surface area contributed by atoms with E-state index in [1.165, 1.54) is 0 Å². The molecule has 0 saturated carbocycles. The van der Waals surface area contributed by atoms with E-state index in [-0.39, 0.29) is 12.5 Å². The minimum absolute atomic E-state index is 0.283. The van der Waals surface area contributed by atoms with Crippen molar-refractivity contribution in [1.82, 2.24) is 20.5 Å². The van der Waals surface area contributed by atoms with E-state index in [1.807, 2.05) is 0 Å². The van der Waals surface area contributed by atoms with Gasteiger partial charge in [0.05, 0.1) is 6.54 Å². The molecule has 1 rings (SSSR count). The highest BCUT2D eigenvalue weighted by Crippen LogP contribution is 1.88. The van der Waals surface area contributed by atoms with Crippen molar-refractivity contribution >= 4 is 21.8 Å². The molecule has 0 aliphatic carbocycles. The lowest BCUT2D eigenvalue weighted by atomic mass is 10.5. The Kier molecular flexibility index (Phi) is 3.46. The van der Waals surface area contributed by atoms with Gasteiger partial charge in [0.15, 0.2) is 5.82 Å². The Morgan fingerprint density at radius 1 is 1.77 bits per heavy atom. The highest BCUT2D eigenvalue weighted by Gasteiger charge is 2.00. The molecule has 6 heteroatoms. The second-order valence-electron chi connectivity index (χ2n) is 2.24. The Labute approximate surface area is 83.5 Å². The van der Waals surface area contributed by atoms with Crippen LogP contribution in [0.4, 0.5) is 0 Å². The first-order valence-corrected chi connectivity index (χ1v) is 4.29. The van der Waals surface area contributed by atoms with Gasteiger partial charge in [0.2, 0.25) is 0 Å². The van der Waals surface area contributed by atoms with Crippen LogP contribution in [0, 0.1) is 17.7 Å². The predicted octanol–water partition coefficient (Wildman–Crippen LogP) is 0.0851. The third-order valence-electron chi connectivity index (χ3n) is 1.21. The molecule has 0 aliphatic rings. The van der Waals surface area contributed by atoms with Crippen molar-refractivity contribution in [3.63, 3.8) is 0 Å². The van der Waals surface area contributed by atoms with Crippen molar-refractivity contribution in [3.05, 3.63) is 11.6 Å². The van der Waals surface area contributed by atoms with Crippen LogP contribution in [0.3, 0.4) is 0 Å². The fourth-order valence-electron chi connectivity index (χ4n) is 0.715. The summed E-state index contributed by atoms with van der Waals surface area (Å²) in [6.45, 7) is 2.07. The predicted molar refractivity (Wildman–Crippen MR) is 49.7 cm³/mol. The van der Waals surface area contributed by atoms with Crippen LogP contribution in [0.5, 0.6) is 0 Å². The molecule has 0 saturated heterocycles. The zero-order valence-corrected chi connectivity index (χ0v) is 8.47. The molecule has 0 aromatic carbocycles. The molecule has 13 heavy (non-hydrogen) atoms. The first-order valence-electron chi connectivity index (χ1n) is 3.49. The van der Waals surface area contributed by atoms with Gasteiger partial charge in [-0.2, -0.15) is 5.10 Å². The number of aromatic nitrogens is 3. The number of rotatable bonds is 2. The van der Waals surface area contributed by atoms with Crippen molar-refractivity contribution < 1.29 is 4.79 Å². The maximum atomic E-state index is 10.8. The first-order chi connectivity index (χ1) is 6.22. The molecule has 1 aromatic rings. The lowest BCUT2D eigenvalue weighted by Gasteiger charge is -1.93. The third-order valence-corrected chi connectivity index (χ3v) is 1.41. The second-order valence-corrected chi connectivity index (χ2v) is 2.64. The van der Waals surface area contributed by atoms with E-state index in [4.69, 9.17) is 0 Å². The van der Waals surface area contributed by atoms with Crippen molar-refractivity contribution in [3.8, 4) is 10.8 Å². The molecule has 0 bridgehead atoms. The number of carbonyl (C=O) groups is 1. The van der Waals surface area contributed by atoms with Gasteiger partial charge in [0.25, 0.3) is 5.91 Å². The normalized spacial score (nSPS) is 8.77. The van der Waals surface area contributed by atoms with Gasteiger partial charge in [-0.3, -0.25) is 9.89 Å². The van der Waals surface area contributed by atoms with Crippen molar-refractivity contribution in [2.75, 3.05) is 0 Å². The molecule has 0 atom stereocenters. The summed E-state index contributed by atoms with van der Waals surface area (Å²) in [5, 5.41) is 9.03. The first kappa shape index (κ1) is 9.74. The zero-order chi connectivity index (χ0) is 9.68. The SMILES string of the molecule is Cc1nc(CNC(=O)C#CBr)n[nH]1. The summed E-state index contributed by atoms with van der Waals surface area (Å²) >= 11 is 2.82. The molecule has 1 heterocycles. The van der Waals surface area contributed by atoms with Gasteiger partial charge in [-0.05, 0) is 11.8 Å². The fourth-order valence-corrected chi connectivity index (χ4v) is 0.895. The summed E-state index contributed by atoms with van der Waals surface area (Å²) in [5.74, 6) is 3.17. The van der Waals surface area contributed by atoms with Crippen LogP contribution >= 0.6 is 15.9 Å².